The molecular weight excluding hydrogens is 229 g/mol. The predicted molar refractivity (Wildman–Crippen MR) is 70.4 cm³/mol. The van der Waals surface area contributed by atoms with Gasteiger partial charge < -0.3 is 10.1 Å². The molecule has 3 atom stereocenters. The van der Waals surface area contributed by atoms with E-state index in [0.29, 0.717) is 0 Å². The molecule has 18 heavy (non-hydrogen) atoms. The minimum absolute atomic E-state index is 0.0457. The first-order chi connectivity index (χ1) is 8.79. The Balaban J connectivity index is 1.62. The first kappa shape index (κ1) is 12.9. The molecule has 3 unspecified atom stereocenters. The van der Waals surface area contributed by atoms with Crippen molar-refractivity contribution in [1.82, 2.24) is 5.32 Å². The van der Waals surface area contributed by atoms with Gasteiger partial charge in [0.25, 0.3) is 0 Å². The summed E-state index contributed by atoms with van der Waals surface area (Å²) in [6, 6.07) is 0.119. The number of ether oxygens (including phenoxy) is 1. The first-order valence-electron chi connectivity index (χ1n) is 7.81. The maximum Gasteiger partial charge on any atom is 0.118 e. The topological polar surface area (TPSA) is 21.3 Å². The number of hydrogen-bond acceptors (Lipinski definition) is 2. The van der Waals surface area contributed by atoms with Crippen LogP contribution in [0.25, 0.3) is 0 Å². The van der Waals surface area contributed by atoms with E-state index in [9.17, 15) is 4.39 Å². The first-order valence-corrected chi connectivity index (χ1v) is 7.81. The number of halogens is 1. The average molecular weight is 255 g/mol. The summed E-state index contributed by atoms with van der Waals surface area (Å²) in [5, 5.41) is 3.33. The Morgan fingerprint density at radius 1 is 1.11 bits per heavy atom. The van der Waals surface area contributed by atoms with Crippen molar-refractivity contribution in [3.05, 3.63) is 0 Å². The SMILES string of the molecule is FC(C1CCOC2(CCCCC2)C1)C1CCCN1. The Morgan fingerprint density at radius 2 is 1.94 bits per heavy atom. The van der Waals surface area contributed by atoms with Gasteiger partial charge in [-0.15, -0.1) is 0 Å². The Morgan fingerprint density at radius 3 is 2.67 bits per heavy atom. The van der Waals surface area contributed by atoms with Gasteiger partial charge in [-0.05, 0) is 51.0 Å². The third-order valence-corrected chi connectivity index (χ3v) is 5.23. The quantitative estimate of drug-likeness (QED) is 0.818. The Hall–Kier alpha value is -0.150. The summed E-state index contributed by atoms with van der Waals surface area (Å²) in [5.41, 5.74) is 0.0457. The van der Waals surface area contributed by atoms with Gasteiger partial charge in [0.1, 0.15) is 6.17 Å². The van der Waals surface area contributed by atoms with Crippen LogP contribution in [0.1, 0.15) is 57.8 Å². The number of rotatable bonds is 2. The van der Waals surface area contributed by atoms with E-state index in [1.807, 2.05) is 0 Å². The van der Waals surface area contributed by atoms with E-state index in [4.69, 9.17) is 4.74 Å². The highest BCUT2D eigenvalue weighted by atomic mass is 19.1. The Bertz CT molecular complexity index is 266. The van der Waals surface area contributed by atoms with E-state index in [2.05, 4.69) is 5.32 Å². The molecule has 3 aliphatic rings. The van der Waals surface area contributed by atoms with Gasteiger partial charge in [0, 0.05) is 12.6 Å². The van der Waals surface area contributed by atoms with Gasteiger partial charge in [-0.1, -0.05) is 19.3 Å². The van der Waals surface area contributed by atoms with Crippen LogP contribution in [0.15, 0.2) is 0 Å². The van der Waals surface area contributed by atoms with Gasteiger partial charge in [-0.2, -0.15) is 0 Å². The number of nitrogens with one attached hydrogen (secondary N) is 1. The zero-order valence-corrected chi connectivity index (χ0v) is 11.3. The molecule has 3 fully saturated rings. The summed E-state index contributed by atoms with van der Waals surface area (Å²) >= 11 is 0. The zero-order chi connectivity index (χ0) is 12.4. The largest absolute Gasteiger partial charge is 0.375 e. The maximum atomic E-state index is 14.6. The smallest absolute Gasteiger partial charge is 0.118 e. The molecule has 1 aliphatic carbocycles. The van der Waals surface area contributed by atoms with Crippen molar-refractivity contribution in [3.63, 3.8) is 0 Å². The van der Waals surface area contributed by atoms with Gasteiger partial charge in [0.15, 0.2) is 0 Å². The molecule has 1 N–H and O–H groups in total. The van der Waals surface area contributed by atoms with Crippen LogP contribution in [0.3, 0.4) is 0 Å². The maximum absolute atomic E-state index is 14.6. The Kier molecular flexibility index (Phi) is 3.90. The van der Waals surface area contributed by atoms with Crippen molar-refractivity contribution in [2.45, 2.75) is 75.6 Å². The summed E-state index contributed by atoms with van der Waals surface area (Å²) in [4.78, 5) is 0. The molecule has 3 rings (SSSR count). The van der Waals surface area contributed by atoms with Crippen molar-refractivity contribution in [2.24, 2.45) is 5.92 Å². The second-order valence-electron chi connectivity index (χ2n) is 6.49. The molecule has 2 aliphatic heterocycles. The van der Waals surface area contributed by atoms with E-state index in [1.165, 1.54) is 19.3 Å². The molecular formula is C15H26FNO. The van der Waals surface area contributed by atoms with Gasteiger partial charge >= 0.3 is 0 Å². The fourth-order valence-electron chi connectivity index (χ4n) is 4.19. The lowest BCUT2D eigenvalue weighted by Crippen LogP contribution is -2.47. The molecule has 0 amide bonds. The fraction of sp³-hybridized carbons (Fsp3) is 1.00. The monoisotopic (exact) mass is 255 g/mol. The van der Waals surface area contributed by atoms with Gasteiger partial charge in [0.05, 0.1) is 5.60 Å². The minimum Gasteiger partial charge on any atom is -0.375 e. The third-order valence-electron chi connectivity index (χ3n) is 5.23. The summed E-state index contributed by atoms with van der Waals surface area (Å²) in [6.07, 6.45) is 9.58. The summed E-state index contributed by atoms with van der Waals surface area (Å²) < 4.78 is 20.7. The van der Waals surface area contributed by atoms with Gasteiger partial charge in [-0.3, -0.25) is 0 Å². The van der Waals surface area contributed by atoms with Crippen molar-refractivity contribution in [1.29, 1.82) is 0 Å². The van der Waals surface area contributed by atoms with Crippen LogP contribution in [0.5, 0.6) is 0 Å². The van der Waals surface area contributed by atoms with Crippen LogP contribution in [-0.4, -0.2) is 31.0 Å². The molecule has 1 saturated carbocycles. The van der Waals surface area contributed by atoms with Crippen LogP contribution in [0.2, 0.25) is 0 Å². The van der Waals surface area contributed by atoms with Crippen LogP contribution < -0.4 is 5.32 Å². The van der Waals surface area contributed by atoms with E-state index >= 15 is 0 Å². The molecule has 104 valence electrons. The van der Waals surface area contributed by atoms with E-state index < -0.39 is 6.17 Å². The third kappa shape index (κ3) is 2.57. The lowest BCUT2D eigenvalue weighted by molar-refractivity contribution is -0.128. The molecule has 2 nitrogen and oxygen atoms in total. The lowest BCUT2D eigenvalue weighted by atomic mass is 9.74. The highest BCUT2D eigenvalue weighted by Crippen LogP contribution is 2.42. The van der Waals surface area contributed by atoms with E-state index in [1.54, 1.807) is 0 Å². The van der Waals surface area contributed by atoms with Crippen LogP contribution in [0.4, 0.5) is 4.39 Å². The second-order valence-corrected chi connectivity index (χ2v) is 6.49. The normalized spacial score (nSPS) is 37.8. The van der Waals surface area contributed by atoms with E-state index in [-0.39, 0.29) is 17.6 Å². The van der Waals surface area contributed by atoms with Crippen molar-refractivity contribution < 1.29 is 9.13 Å². The second kappa shape index (κ2) is 5.46. The summed E-state index contributed by atoms with van der Waals surface area (Å²) in [6.45, 7) is 1.78. The molecule has 0 aromatic rings. The Labute approximate surface area is 110 Å². The van der Waals surface area contributed by atoms with Crippen molar-refractivity contribution >= 4 is 0 Å². The van der Waals surface area contributed by atoms with Crippen molar-refractivity contribution in [3.8, 4) is 0 Å². The van der Waals surface area contributed by atoms with Crippen molar-refractivity contribution in [2.75, 3.05) is 13.2 Å². The molecule has 3 heteroatoms. The fourth-order valence-corrected chi connectivity index (χ4v) is 4.19. The molecule has 2 heterocycles. The van der Waals surface area contributed by atoms with Crippen LogP contribution >= 0.6 is 0 Å². The number of hydrogen-bond donors (Lipinski definition) is 1. The van der Waals surface area contributed by atoms with E-state index in [0.717, 1.165) is 51.7 Å². The highest BCUT2D eigenvalue weighted by Gasteiger charge is 2.43. The average Bonchev–Trinajstić information content (AvgIpc) is 2.93. The summed E-state index contributed by atoms with van der Waals surface area (Å²) in [7, 11) is 0. The minimum atomic E-state index is -0.657. The molecule has 1 spiro atoms. The predicted octanol–water partition coefficient (Wildman–Crippen LogP) is 3.21. The van der Waals surface area contributed by atoms with Crippen LogP contribution in [0, 0.1) is 5.92 Å². The summed E-state index contributed by atoms with van der Waals surface area (Å²) in [5.74, 6) is 0.229. The molecule has 0 aromatic heterocycles. The number of alkyl halides is 1. The van der Waals surface area contributed by atoms with Crippen LogP contribution in [-0.2, 0) is 4.74 Å². The zero-order valence-electron chi connectivity index (χ0n) is 11.3. The molecule has 0 radical (unpaired) electrons. The molecule has 0 aromatic carbocycles. The lowest BCUT2D eigenvalue weighted by Gasteiger charge is -2.45. The standard InChI is InChI=1S/C15H26FNO/c16-14(13-5-4-9-17-13)12-6-10-18-15(11-12)7-2-1-3-8-15/h12-14,17H,1-11H2. The molecule has 2 saturated heterocycles. The highest BCUT2D eigenvalue weighted by molar-refractivity contribution is 4.95. The molecule has 0 bridgehead atoms. The van der Waals surface area contributed by atoms with Gasteiger partial charge in [-0.25, -0.2) is 4.39 Å². The van der Waals surface area contributed by atoms with Gasteiger partial charge in [0.2, 0.25) is 0 Å².